The molecule has 0 spiro atoms. The Hall–Kier alpha value is -1.87. The number of hydrogen-bond acceptors (Lipinski definition) is 3. The molecule has 0 aliphatic heterocycles. The van der Waals surface area contributed by atoms with Crippen LogP contribution in [0.15, 0.2) is 48.8 Å². The molecule has 1 aromatic heterocycles. The van der Waals surface area contributed by atoms with Gasteiger partial charge in [-0.2, -0.15) is 0 Å². The first kappa shape index (κ1) is 15.5. The van der Waals surface area contributed by atoms with Crippen LogP contribution in [-0.4, -0.2) is 24.7 Å². The highest BCUT2D eigenvalue weighted by atomic mass is 16.5. The summed E-state index contributed by atoms with van der Waals surface area (Å²) in [5.74, 6) is 0.908. The minimum absolute atomic E-state index is 0.445. The molecule has 1 aromatic carbocycles. The van der Waals surface area contributed by atoms with E-state index in [9.17, 15) is 0 Å². The van der Waals surface area contributed by atoms with Crippen molar-refractivity contribution in [1.82, 2.24) is 10.3 Å². The van der Waals surface area contributed by atoms with E-state index in [1.54, 1.807) is 7.11 Å². The molecule has 1 unspecified atom stereocenters. The van der Waals surface area contributed by atoms with Gasteiger partial charge >= 0.3 is 0 Å². The summed E-state index contributed by atoms with van der Waals surface area (Å²) >= 11 is 0. The number of nitrogens with one attached hydrogen (secondary N) is 1. The van der Waals surface area contributed by atoms with Crippen molar-refractivity contribution in [2.24, 2.45) is 0 Å². The van der Waals surface area contributed by atoms with Gasteiger partial charge in [0, 0.05) is 18.4 Å². The number of nitrogens with zero attached hydrogens (tertiary/aromatic N) is 1. The van der Waals surface area contributed by atoms with Gasteiger partial charge in [-0.05, 0) is 61.2 Å². The van der Waals surface area contributed by atoms with Gasteiger partial charge in [0.05, 0.1) is 7.11 Å². The van der Waals surface area contributed by atoms with Crippen LogP contribution in [0.3, 0.4) is 0 Å². The molecule has 0 aliphatic carbocycles. The minimum atomic E-state index is 0.445. The molecule has 2 rings (SSSR count). The van der Waals surface area contributed by atoms with Crippen molar-refractivity contribution in [3.8, 4) is 5.75 Å². The van der Waals surface area contributed by atoms with Gasteiger partial charge in [-0.1, -0.05) is 19.1 Å². The van der Waals surface area contributed by atoms with Gasteiger partial charge in [0.2, 0.25) is 0 Å². The molecular weight excluding hydrogens is 260 g/mol. The fourth-order valence-electron chi connectivity index (χ4n) is 2.41. The van der Waals surface area contributed by atoms with E-state index in [2.05, 4.69) is 41.5 Å². The third kappa shape index (κ3) is 5.20. The second-order valence-corrected chi connectivity index (χ2v) is 5.26. The standard InChI is InChI=1S/C18H24N2O/c1-3-10-20-17(14-16-8-11-19-12-9-16)13-15-4-6-18(21-2)7-5-15/h4-9,11-12,17,20H,3,10,13-14H2,1-2H3. The predicted octanol–water partition coefficient (Wildman–Crippen LogP) is 3.24. The lowest BCUT2D eigenvalue weighted by Crippen LogP contribution is -2.33. The molecular formula is C18H24N2O. The molecule has 3 nitrogen and oxygen atoms in total. The molecule has 2 aromatic rings. The van der Waals surface area contributed by atoms with Crippen LogP contribution >= 0.6 is 0 Å². The average Bonchev–Trinajstić information content (AvgIpc) is 2.54. The zero-order valence-corrected chi connectivity index (χ0v) is 12.9. The van der Waals surface area contributed by atoms with E-state index in [0.29, 0.717) is 6.04 Å². The monoisotopic (exact) mass is 284 g/mol. The normalized spacial score (nSPS) is 12.1. The minimum Gasteiger partial charge on any atom is -0.497 e. The quantitative estimate of drug-likeness (QED) is 0.808. The molecule has 1 N–H and O–H groups in total. The summed E-state index contributed by atoms with van der Waals surface area (Å²) in [7, 11) is 1.70. The van der Waals surface area contributed by atoms with Gasteiger partial charge in [0.15, 0.2) is 0 Å². The highest BCUT2D eigenvalue weighted by Crippen LogP contribution is 2.14. The number of ether oxygens (including phenoxy) is 1. The van der Waals surface area contributed by atoms with Crippen molar-refractivity contribution in [3.63, 3.8) is 0 Å². The van der Waals surface area contributed by atoms with Crippen LogP contribution in [0.25, 0.3) is 0 Å². The van der Waals surface area contributed by atoms with Gasteiger partial charge in [0.25, 0.3) is 0 Å². The van der Waals surface area contributed by atoms with E-state index >= 15 is 0 Å². The molecule has 0 saturated carbocycles. The van der Waals surface area contributed by atoms with Gasteiger partial charge < -0.3 is 10.1 Å². The molecule has 0 aliphatic rings. The topological polar surface area (TPSA) is 34.2 Å². The van der Waals surface area contributed by atoms with Crippen LogP contribution in [0.1, 0.15) is 24.5 Å². The fourth-order valence-corrected chi connectivity index (χ4v) is 2.41. The Bertz CT molecular complexity index is 511. The average molecular weight is 284 g/mol. The van der Waals surface area contributed by atoms with Crippen LogP contribution in [-0.2, 0) is 12.8 Å². The summed E-state index contributed by atoms with van der Waals surface area (Å²) in [5, 5.41) is 3.64. The third-order valence-corrected chi connectivity index (χ3v) is 3.56. The molecule has 21 heavy (non-hydrogen) atoms. The molecule has 0 bridgehead atoms. The lowest BCUT2D eigenvalue weighted by atomic mass is 9.99. The number of methoxy groups -OCH3 is 1. The van der Waals surface area contributed by atoms with Crippen molar-refractivity contribution < 1.29 is 4.74 Å². The summed E-state index contributed by atoms with van der Waals surface area (Å²) in [6.45, 7) is 3.25. The maximum atomic E-state index is 5.21. The Morgan fingerprint density at radius 1 is 1.00 bits per heavy atom. The number of pyridine rings is 1. The van der Waals surface area contributed by atoms with Crippen molar-refractivity contribution in [3.05, 3.63) is 59.9 Å². The number of aromatic nitrogens is 1. The molecule has 0 amide bonds. The van der Waals surface area contributed by atoms with E-state index in [1.807, 2.05) is 24.5 Å². The first-order valence-corrected chi connectivity index (χ1v) is 7.57. The molecule has 1 heterocycles. The van der Waals surface area contributed by atoms with Gasteiger partial charge in [-0.15, -0.1) is 0 Å². The molecule has 3 heteroatoms. The van der Waals surface area contributed by atoms with Crippen molar-refractivity contribution in [1.29, 1.82) is 0 Å². The van der Waals surface area contributed by atoms with Crippen molar-refractivity contribution in [2.45, 2.75) is 32.2 Å². The van der Waals surface area contributed by atoms with E-state index in [-0.39, 0.29) is 0 Å². The summed E-state index contributed by atoms with van der Waals surface area (Å²) in [6, 6.07) is 13.0. The molecule has 1 atom stereocenters. The maximum absolute atomic E-state index is 5.21. The summed E-state index contributed by atoms with van der Waals surface area (Å²) in [6.07, 6.45) is 6.91. The summed E-state index contributed by atoms with van der Waals surface area (Å²) in [5.41, 5.74) is 2.66. The van der Waals surface area contributed by atoms with Gasteiger partial charge in [0.1, 0.15) is 5.75 Å². The second-order valence-electron chi connectivity index (χ2n) is 5.26. The van der Waals surface area contributed by atoms with E-state index in [1.165, 1.54) is 11.1 Å². The smallest absolute Gasteiger partial charge is 0.118 e. The Labute approximate surface area is 127 Å². The zero-order chi connectivity index (χ0) is 14.9. The molecule has 0 fully saturated rings. The van der Waals surface area contributed by atoms with Crippen LogP contribution in [0.2, 0.25) is 0 Å². The van der Waals surface area contributed by atoms with Gasteiger partial charge in [-0.3, -0.25) is 4.98 Å². The first-order valence-electron chi connectivity index (χ1n) is 7.57. The van der Waals surface area contributed by atoms with E-state index < -0.39 is 0 Å². The van der Waals surface area contributed by atoms with E-state index in [4.69, 9.17) is 4.74 Å². The zero-order valence-electron chi connectivity index (χ0n) is 12.9. The van der Waals surface area contributed by atoms with Gasteiger partial charge in [-0.25, -0.2) is 0 Å². The first-order chi connectivity index (χ1) is 10.3. The Morgan fingerprint density at radius 3 is 2.19 bits per heavy atom. The SMILES string of the molecule is CCCNC(Cc1ccncc1)Cc1ccc(OC)cc1. The number of benzene rings is 1. The van der Waals surface area contributed by atoms with Crippen LogP contribution < -0.4 is 10.1 Å². The lowest BCUT2D eigenvalue weighted by Gasteiger charge is -2.19. The van der Waals surface area contributed by atoms with Crippen LogP contribution in [0, 0.1) is 0 Å². The highest BCUT2D eigenvalue weighted by molar-refractivity contribution is 5.28. The number of rotatable bonds is 8. The number of hydrogen-bond donors (Lipinski definition) is 1. The molecule has 112 valence electrons. The van der Waals surface area contributed by atoms with Crippen LogP contribution in [0.5, 0.6) is 5.75 Å². The Kier molecular flexibility index (Phi) is 6.22. The maximum Gasteiger partial charge on any atom is 0.118 e. The highest BCUT2D eigenvalue weighted by Gasteiger charge is 2.10. The molecule has 0 saturated heterocycles. The van der Waals surface area contributed by atoms with Crippen molar-refractivity contribution in [2.75, 3.05) is 13.7 Å². The second kappa shape index (κ2) is 8.42. The fraction of sp³-hybridized carbons (Fsp3) is 0.389. The molecule has 0 radical (unpaired) electrons. The largest absolute Gasteiger partial charge is 0.497 e. The summed E-state index contributed by atoms with van der Waals surface area (Å²) < 4.78 is 5.21. The summed E-state index contributed by atoms with van der Waals surface area (Å²) in [4.78, 5) is 4.08. The third-order valence-electron chi connectivity index (χ3n) is 3.56. The Balaban J connectivity index is 2.00. The van der Waals surface area contributed by atoms with Crippen LogP contribution in [0.4, 0.5) is 0 Å². The Morgan fingerprint density at radius 2 is 1.62 bits per heavy atom. The predicted molar refractivity (Wildman–Crippen MR) is 86.7 cm³/mol. The van der Waals surface area contributed by atoms with E-state index in [0.717, 1.165) is 31.6 Å². The lowest BCUT2D eigenvalue weighted by molar-refractivity contribution is 0.414. The van der Waals surface area contributed by atoms with Crippen molar-refractivity contribution >= 4 is 0 Å².